The van der Waals surface area contributed by atoms with Crippen molar-refractivity contribution in [3.63, 3.8) is 0 Å². The van der Waals surface area contributed by atoms with Crippen molar-refractivity contribution in [2.24, 2.45) is 0 Å². The summed E-state index contributed by atoms with van der Waals surface area (Å²) in [5.41, 5.74) is 1.03. The smallest absolute Gasteiger partial charge is 0.133 e. The average molecular weight is 251 g/mol. The summed E-state index contributed by atoms with van der Waals surface area (Å²) >= 11 is 5.89. The molecule has 1 rings (SSSR count). The first-order valence-electron chi connectivity index (χ1n) is 4.63. The van der Waals surface area contributed by atoms with Crippen molar-refractivity contribution in [1.29, 1.82) is 0 Å². The molecule has 0 aliphatic rings. The minimum Gasteiger partial charge on any atom is -0.385 e. The summed E-state index contributed by atoms with van der Waals surface area (Å²) in [6.07, 6.45) is 2.70. The van der Waals surface area contributed by atoms with Crippen LogP contribution >= 0.6 is 24.0 Å². The lowest BCUT2D eigenvalue weighted by atomic mass is 10.3. The fraction of sp³-hybridized carbons (Fsp3) is 0.500. The van der Waals surface area contributed by atoms with Crippen LogP contribution < -0.4 is 5.32 Å². The van der Waals surface area contributed by atoms with Crippen LogP contribution in [0.25, 0.3) is 0 Å². The number of methoxy groups -OCH3 is 1. The second-order valence-corrected chi connectivity index (χ2v) is 3.33. The third-order valence-electron chi connectivity index (χ3n) is 1.85. The van der Waals surface area contributed by atoms with E-state index in [0.717, 1.165) is 31.7 Å². The number of nitrogens with one attached hydrogen (secondary N) is 1. The number of ether oxygens (including phenoxy) is 1. The van der Waals surface area contributed by atoms with Crippen LogP contribution in [0, 0.1) is 0 Å². The van der Waals surface area contributed by atoms with Crippen molar-refractivity contribution in [3.8, 4) is 0 Å². The van der Waals surface area contributed by atoms with E-state index in [1.807, 2.05) is 12.1 Å². The summed E-state index contributed by atoms with van der Waals surface area (Å²) in [7, 11) is 1.71. The molecule has 0 saturated heterocycles. The fourth-order valence-corrected chi connectivity index (χ4v) is 1.30. The zero-order valence-corrected chi connectivity index (χ0v) is 10.3. The number of pyridine rings is 1. The Balaban J connectivity index is 0.00000196. The lowest BCUT2D eigenvalue weighted by Crippen LogP contribution is -2.16. The van der Waals surface area contributed by atoms with Crippen molar-refractivity contribution in [2.45, 2.75) is 13.0 Å². The molecular weight excluding hydrogens is 235 g/mol. The Hall–Kier alpha value is -0.350. The maximum absolute atomic E-state index is 5.89. The summed E-state index contributed by atoms with van der Waals surface area (Å²) in [6, 6.07) is 3.86. The molecule has 0 radical (unpaired) electrons. The van der Waals surface area contributed by atoms with E-state index >= 15 is 0 Å². The van der Waals surface area contributed by atoms with E-state index < -0.39 is 0 Å². The third kappa shape index (κ3) is 5.95. The topological polar surface area (TPSA) is 34.1 Å². The number of hydrogen-bond donors (Lipinski definition) is 1. The first kappa shape index (κ1) is 14.6. The Morgan fingerprint density at radius 3 is 3.00 bits per heavy atom. The monoisotopic (exact) mass is 250 g/mol. The Kier molecular flexibility index (Phi) is 8.71. The van der Waals surface area contributed by atoms with Gasteiger partial charge in [0.25, 0.3) is 0 Å². The number of nitrogens with zero attached hydrogens (tertiary/aromatic N) is 1. The molecule has 86 valence electrons. The van der Waals surface area contributed by atoms with Crippen molar-refractivity contribution in [1.82, 2.24) is 10.3 Å². The quantitative estimate of drug-likeness (QED) is 0.622. The predicted molar refractivity (Wildman–Crippen MR) is 64.7 cm³/mol. The van der Waals surface area contributed by atoms with Gasteiger partial charge in [0, 0.05) is 32.0 Å². The van der Waals surface area contributed by atoms with Gasteiger partial charge in [-0.2, -0.15) is 0 Å². The van der Waals surface area contributed by atoms with E-state index in [-0.39, 0.29) is 12.4 Å². The van der Waals surface area contributed by atoms with Gasteiger partial charge in [-0.1, -0.05) is 17.7 Å². The van der Waals surface area contributed by atoms with E-state index in [9.17, 15) is 0 Å². The van der Waals surface area contributed by atoms with Gasteiger partial charge in [0.15, 0.2) is 0 Å². The second kappa shape index (κ2) is 8.92. The molecule has 5 heteroatoms. The third-order valence-corrected chi connectivity index (χ3v) is 2.19. The molecule has 0 atom stereocenters. The molecule has 1 aromatic rings. The van der Waals surface area contributed by atoms with Gasteiger partial charge in [0.1, 0.15) is 5.15 Å². The highest BCUT2D eigenvalue weighted by Gasteiger charge is 1.98. The summed E-state index contributed by atoms with van der Waals surface area (Å²) in [4.78, 5) is 3.99. The lowest BCUT2D eigenvalue weighted by Gasteiger charge is -2.05. The van der Waals surface area contributed by atoms with Gasteiger partial charge in [0.2, 0.25) is 0 Å². The van der Waals surface area contributed by atoms with Crippen LogP contribution in [0.5, 0.6) is 0 Å². The molecule has 1 heterocycles. The Morgan fingerprint density at radius 2 is 2.33 bits per heavy atom. The van der Waals surface area contributed by atoms with Crippen LogP contribution in [0.3, 0.4) is 0 Å². The molecule has 0 saturated carbocycles. The highest BCUT2D eigenvalue weighted by atomic mass is 35.5. The molecule has 0 unspecified atom stereocenters. The molecule has 3 nitrogen and oxygen atoms in total. The normalized spacial score (nSPS) is 9.73. The molecule has 15 heavy (non-hydrogen) atoms. The summed E-state index contributed by atoms with van der Waals surface area (Å²) in [5, 5.41) is 3.85. The Morgan fingerprint density at radius 1 is 1.53 bits per heavy atom. The summed E-state index contributed by atoms with van der Waals surface area (Å²) < 4.78 is 4.94. The molecule has 1 aromatic heterocycles. The van der Waals surface area contributed by atoms with Gasteiger partial charge in [-0.15, -0.1) is 12.4 Å². The van der Waals surface area contributed by atoms with Gasteiger partial charge in [0.05, 0.1) is 0 Å². The number of rotatable bonds is 6. The molecule has 0 amide bonds. The largest absolute Gasteiger partial charge is 0.385 e. The Labute approximate surface area is 102 Å². The Bertz CT molecular complexity index is 271. The number of halogens is 2. The lowest BCUT2D eigenvalue weighted by molar-refractivity contribution is 0.194. The zero-order chi connectivity index (χ0) is 10.2. The van der Waals surface area contributed by atoms with Crippen molar-refractivity contribution >= 4 is 24.0 Å². The molecule has 0 aliphatic heterocycles. The number of hydrogen-bond acceptors (Lipinski definition) is 3. The fourth-order valence-electron chi connectivity index (χ4n) is 1.12. The van der Waals surface area contributed by atoms with Gasteiger partial charge < -0.3 is 10.1 Å². The molecule has 0 aliphatic carbocycles. The summed E-state index contributed by atoms with van der Waals surface area (Å²) in [6.45, 7) is 2.48. The SMILES string of the molecule is COCCCNCc1cccnc1Cl.Cl. The summed E-state index contributed by atoms with van der Waals surface area (Å²) in [5.74, 6) is 0. The van der Waals surface area contributed by atoms with E-state index in [0.29, 0.717) is 5.15 Å². The molecule has 0 spiro atoms. The maximum Gasteiger partial charge on any atom is 0.133 e. The number of aromatic nitrogens is 1. The van der Waals surface area contributed by atoms with E-state index in [1.54, 1.807) is 13.3 Å². The van der Waals surface area contributed by atoms with Crippen LogP contribution in [0.1, 0.15) is 12.0 Å². The van der Waals surface area contributed by atoms with Crippen molar-refractivity contribution < 1.29 is 4.74 Å². The zero-order valence-electron chi connectivity index (χ0n) is 8.70. The minimum absolute atomic E-state index is 0. The highest BCUT2D eigenvalue weighted by Crippen LogP contribution is 2.10. The van der Waals surface area contributed by atoms with E-state index in [1.165, 1.54) is 0 Å². The van der Waals surface area contributed by atoms with Gasteiger partial charge in [-0.25, -0.2) is 4.98 Å². The predicted octanol–water partition coefficient (Wildman–Crippen LogP) is 2.28. The highest BCUT2D eigenvalue weighted by molar-refractivity contribution is 6.30. The minimum atomic E-state index is 0. The molecular formula is C10H16Cl2N2O. The standard InChI is InChI=1S/C10H15ClN2O.ClH/c1-14-7-3-5-12-8-9-4-2-6-13-10(9)11;/h2,4,6,12H,3,5,7-8H2,1H3;1H. The molecule has 0 aromatic carbocycles. The first-order valence-corrected chi connectivity index (χ1v) is 5.01. The average Bonchev–Trinajstić information content (AvgIpc) is 2.20. The van der Waals surface area contributed by atoms with Crippen LogP contribution in [0.15, 0.2) is 18.3 Å². The first-order chi connectivity index (χ1) is 6.84. The van der Waals surface area contributed by atoms with Crippen LogP contribution in [-0.4, -0.2) is 25.2 Å². The molecule has 0 fully saturated rings. The molecule has 0 bridgehead atoms. The van der Waals surface area contributed by atoms with Gasteiger partial charge in [-0.3, -0.25) is 0 Å². The van der Waals surface area contributed by atoms with E-state index in [4.69, 9.17) is 16.3 Å². The second-order valence-electron chi connectivity index (χ2n) is 2.98. The van der Waals surface area contributed by atoms with Crippen LogP contribution in [-0.2, 0) is 11.3 Å². The van der Waals surface area contributed by atoms with E-state index in [2.05, 4.69) is 10.3 Å². The van der Waals surface area contributed by atoms with Crippen molar-refractivity contribution in [3.05, 3.63) is 29.0 Å². The van der Waals surface area contributed by atoms with Gasteiger partial charge in [-0.05, 0) is 19.0 Å². The van der Waals surface area contributed by atoms with Crippen LogP contribution in [0.4, 0.5) is 0 Å². The maximum atomic E-state index is 5.89. The van der Waals surface area contributed by atoms with Gasteiger partial charge >= 0.3 is 0 Å². The van der Waals surface area contributed by atoms with Crippen LogP contribution in [0.2, 0.25) is 5.15 Å². The van der Waals surface area contributed by atoms with Crippen molar-refractivity contribution in [2.75, 3.05) is 20.3 Å². The molecule has 1 N–H and O–H groups in total.